The quantitative estimate of drug-likeness (QED) is 0.689. The van der Waals surface area contributed by atoms with Gasteiger partial charge in [0.25, 0.3) is 0 Å². The highest BCUT2D eigenvalue weighted by Crippen LogP contribution is 2.28. The van der Waals surface area contributed by atoms with Crippen LogP contribution in [0, 0.1) is 0 Å². The van der Waals surface area contributed by atoms with Crippen molar-refractivity contribution in [2.45, 2.75) is 32.4 Å². The molecule has 4 bridgehead atoms. The minimum Gasteiger partial charge on any atom is -0.491 e. The van der Waals surface area contributed by atoms with Gasteiger partial charge >= 0.3 is 0 Å². The second kappa shape index (κ2) is 6.00. The van der Waals surface area contributed by atoms with E-state index in [4.69, 9.17) is 9.47 Å². The Hall–Kier alpha value is -2.41. The summed E-state index contributed by atoms with van der Waals surface area (Å²) in [6.07, 6.45) is 3.60. The Morgan fingerprint density at radius 2 is 2.26 bits per heavy atom. The minimum atomic E-state index is 0.104. The molecule has 0 amide bonds. The highest BCUT2D eigenvalue weighted by Gasteiger charge is 2.14. The van der Waals surface area contributed by atoms with Crippen LogP contribution < -0.4 is 4.74 Å². The van der Waals surface area contributed by atoms with E-state index in [1.54, 1.807) is 11.0 Å². The minimum absolute atomic E-state index is 0.104. The summed E-state index contributed by atoms with van der Waals surface area (Å²) in [4.78, 5) is 1.70. The number of aryl methyl sites for hydroxylation is 1. The zero-order valence-electron chi connectivity index (χ0n) is 13.0. The van der Waals surface area contributed by atoms with Gasteiger partial charge in [0, 0.05) is 18.4 Å². The van der Waals surface area contributed by atoms with E-state index in [1.165, 1.54) is 0 Å². The van der Waals surface area contributed by atoms with Gasteiger partial charge in [-0.05, 0) is 31.5 Å². The van der Waals surface area contributed by atoms with Crippen molar-refractivity contribution in [3.8, 4) is 17.1 Å². The van der Waals surface area contributed by atoms with E-state index >= 15 is 0 Å². The molecular formula is C16H19N5O2. The normalized spacial score (nSPS) is 19.3. The predicted octanol–water partition coefficient (Wildman–Crippen LogP) is 2.40. The molecule has 1 aromatic carbocycles. The second-order valence-corrected chi connectivity index (χ2v) is 5.79. The first-order valence-corrected chi connectivity index (χ1v) is 7.92. The fourth-order valence-electron chi connectivity index (χ4n) is 2.73. The molecule has 7 heteroatoms. The van der Waals surface area contributed by atoms with Gasteiger partial charge < -0.3 is 9.47 Å². The number of nitrogens with zero attached hydrogens (tertiary/aromatic N) is 4. The number of H-pyrrole nitrogens is 1. The number of aromatic nitrogens is 5. The topological polar surface area (TPSA) is 77.9 Å². The molecule has 1 aliphatic heterocycles. The number of rotatable bonds is 0. The van der Waals surface area contributed by atoms with Crippen LogP contribution in [0.1, 0.15) is 19.8 Å². The zero-order chi connectivity index (χ0) is 15.6. The number of fused-ring (bicyclic) bond motifs is 4. The van der Waals surface area contributed by atoms with Crippen LogP contribution in [0.15, 0.2) is 24.4 Å². The van der Waals surface area contributed by atoms with Crippen molar-refractivity contribution in [3.05, 3.63) is 24.4 Å². The third-order valence-electron chi connectivity index (χ3n) is 3.97. The first-order valence-electron chi connectivity index (χ1n) is 7.92. The standard InChI is InChI=1S/C16H19N5O2/c1-11-5-8-22-7-2-6-21-17-10-15(20-21)16-13-9-12(23-11)3-4-14(13)18-19-16/h3-4,9-11H,2,5-8H2,1H3,(H,18,19)/t11-/m0/s1. The lowest BCUT2D eigenvalue weighted by Gasteiger charge is -2.15. The van der Waals surface area contributed by atoms with E-state index < -0.39 is 0 Å². The summed E-state index contributed by atoms with van der Waals surface area (Å²) in [5, 5.41) is 17.2. The van der Waals surface area contributed by atoms with Crippen LogP contribution in [-0.2, 0) is 11.3 Å². The molecule has 0 aliphatic carbocycles. The molecule has 0 saturated heterocycles. The number of aromatic amines is 1. The van der Waals surface area contributed by atoms with Gasteiger partial charge in [-0.25, -0.2) is 0 Å². The van der Waals surface area contributed by atoms with Gasteiger partial charge in [0.2, 0.25) is 0 Å². The maximum absolute atomic E-state index is 5.99. The Labute approximate surface area is 133 Å². The first kappa shape index (κ1) is 14.2. The Bertz CT molecular complexity index is 810. The molecule has 3 heterocycles. The number of ether oxygens (including phenoxy) is 2. The van der Waals surface area contributed by atoms with Gasteiger partial charge in [-0.1, -0.05) is 0 Å². The number of nitrogens with one attached hydrogen (secondary N) is 1. The average Bonchev–Trinajstić information content (AvgIpc) is 3.16. The van der Waals surface area contributed by atoms with Crippen LogP contribution in [0.2, 0.25) is 0 Å². The molecule has 1 N–H and O–H groups in total. The summed E-state index contributed by atoms with van der Waals surface area (Å²) in [6.45, 7) is 4.19. The van der Waals surface area contributed by atoms with Crippen molar-refractivity contribution in [2.24, 2.45) is 0 Å². The van der Waals surface area contributed by atoms with Crippen LogP contribution >= 0.6 is 0 Å². The number of hydrogen-bond donors (Lipinski definition) is 1. The lowest BCUT2D eigenvalue weighted by atomic mass is 10.1. The maximum atomic E-state index is 5.99. The van der Waals surface area contributed by atoms with Crippen molar-refractivity contribution in [3.63, 3.8) is 0 Å². The fourth-order valence-corrected chi connectivity index (χ4v) is 2.73. The molecule has 4 rings (SSSR count). The lowest BCUT2D eigenvalue weighted by molar-refractivity contribution is 0.0934. The highest BCUT2D eigenvalue weighted by atomic mass is 16.5. The van der Waals surface area contributed by atoms with Crippen molar-refractivity contribution in [1.82, 2.24) is 25.2 Å². The maximum Gasteiger partial charge on any atom is 0.133 e. The average molecular weight is 313 g/mol. The van der Waals surface area contributed by atoms with Gasteiger partial charge in [-0.2, -0.15) is 20.1 Å². The number of benzene rings is 1. The van der Waals surface area contributed by atoms with Gasteiger partial charge in [0.1, 0.15) is 17.1 Å². The molecule has 120 valence electrons. The van der Waals surface area contributed by atoms with Crippen LogP contribution in [0.4, 0.5) is 0 Å². The zero-order valence-corrected chi connectivity index (χ0v) is 13.0. The van der Waals surface area contributed by atoms with Crippen molar-refractivity contribution >= 4 is 10.9 Å². The molecule has 1 atom stereocenters. The highest BCUT2D eigenvalue weighted by molar-refractivity contribution is 5.92. The van der Waals surface area contributed by atoms with E-state index in [0.717, 1.165) is 47.4 Å². The van der Waals surface area contributed by atoms with Crippen LogP contribution in [0.5, 0.6) is 5.75 Å². The fraction of sp³-hybridized carbons (Fsp3) is 0.438. The molecule has 0 saturated carbocycles. The van der Waals surface area contributed by atoms with E-state index in [1.807, 2.05) is 18.2 Å². The van der Waals surface area contributed by atoms with E-state index in [9.17, 15) is 0 Å². The summed E-state index contributed by atoms with van der Waals surface area (Å²) >= 11 is 0. The van der Waals surface area contributed by atoms with Crippen LogP contribution in [0.3, 0.4) is 0 Å². The molecular weight excluding hydrogens is 294 g/mol. The molecule has 0 radical (unpaired) electrons. The third kappa shape index (κ3) is 2.92. The molecule has 0 fully saturated rings. The molecule has 7 nitrogen and oxygen atoms in total. The van der Waals surface area contributed by atoms with Gasteiger partial charge in [0.15, 0.2) is 0 Å². The van der Waals surface area contributed by atoms with Crippen LogP contribution in [-0.4, -0.2) is 44.5 Å². The van der Waals surface area contributed by atoms with E-state index in [0.29, 0.717) is 13.2 Å². The second-order valence-electron chi connectivity index (χ2n) is 5.79. The van der Waals surface area contributed by atoms with Crippen LogP contribution in [0.25, 0.3) is 22.3 Å². The Morgan fingerprint density at radius 1 is 1.30 bits per heavy atom. The summed E-state index contributed by atoms with van der Waals surface area (Å²) in [5.74, 6) is 0.829. The summed E-state index contributed by atoms with van der Waals surface area (Å²) < 4.78 is 11.6. The molecule has 3 aromatic rings. The van der Waals surface area contributed by atoms with Gasteiger partial charge in [-0.3, -0.25) is 5.10 Å². The van der Waals surface area contributed by atoms with Gasteiger partial charge in [0.05, 0.1) is 31.0 Å². The third-order valence-corrected chi connectivity index (χ3v) is 3.97. The Morgan fingerprint density at radius 3 is 3.22 bits per heavy atom. The largest absolute Gasteiger partial charge is 0.491 e. The molecule has 2 aromatic heterocycles. The Balaban J connectivity index is 1.76. The Kier molecular flexibility index (Phi) is 3.70. The molecule has 1 aliphatic rings. The monoisotopic (exact) mass is 313 g/mol. The van der Waals surface area contributed by atoms with Crippen molar-refractivity contribution in [2.75, 3.05) is 13.2 Å². The van der Waals surface area contributed by atoms with E-state index in [2.05, 4.69) is 27.3 Å². The molecule has 0 spiro atoms. The SMILES string of the molecule is C[C@H]1CCOCCCn2ncc(n2)-c2n[nH]c3ccc(cc23)O1. The predicted molar refractivity (Wildman–Crippen MR) is 85.3 cm³/mol. The smallest absolute Gasteiger partial charge is 0.133 e. The van der Waals surface area contributed by atoms with E-state index in [-0.39, 0.29) is 6.10 Å². The van der Waals surface area contributed by atoms with Crippen molar-refractivity contribution < 1.29 is 9.47 Å². The number of hydrogen-bond acceptors (Lipinski definition) is 5. The summed E-state index contributed by atoms with van der Waals surface area (Å²) in [6, 6.07) is 5.94. The summed E-state index contributed by atoms with van der Waals surface area (Å²) in [5.41, 5.74) is 2.52. The lowest BCUT2D eigenvalue weighted by Crippen LogP contribution is -2.15. The first-order chi connectivity index (χ1) is 11.3. The van der Waals surface area contributed by atoms with Crippen molar-refractivity contribution in [1.29, 1.82) is 0 Å². The summed E-state index contributed by atoms with van der Waals surface area (Å²) in [7, 11) is 0. The molecule has 0 unspecified atom stereocenters. The van der Waals surface area contributed by atoms with Gasteiger partial charge in [-0.15, -0.1) is 0 Å². The molecule has 23 heavy (non-hydrogen) atoms.